The number of nitrogens with one attached hydrogen (secondary N) is 1. The fourth-order valence-corrected chi connectivity index (χ4v) is 5.54. The van der Waals surface area contributed by atoms with Crippen molar-refractivity contribution < 1.29 is 9.59 Å². The lowest BCUT2D eigenvalue weighted by Gasteiger charge is -2.15. The molecule has 2 saturated heterocycles. The van der Waals surface area contributed by atoms with E-state index in [1.165, 1.54) is 17.1 Å². The monoisotopic (exact) mass is 336 g/mol. The number of benzene rings is 1. The van der Waals surface area contributed by atoms with Gasteiger partial charge in [-0.15, -0.1) is 23.5 Å². The van der Waals surface area contributed by atoms with Crippen molar-refractivity contribution in [1.82, 2.24) is 10.2 Å². The maximum Gasteiger partial charge on any atom is 0.251 e. The summed E-state index contributed by atoms with van der Waals surface area (Å²) in [4.78, 5) is 25.8. The number of carbonyl (C=O) groups is 2. The third-order valence-corrected chi connectivity index (χ3v) is 7.03. The van der Waals surface area contributed by atoms with Gasteiger partial charge in [-0.2, -0.15) is 0 Å². The van der Waals surface area contributed by atoms with Gasteiger partial charge in [-0.3, -0.25) is 9.59 Å². The van der Waals surface area contributed by atoms with Gasteiger partial charge in [0.25, 0.3) is 5.91 Å². The Morgan fingerprint density at radius 3 is 2.36 bits per heavy atom. The molecular weight excluding hydrogens is 316 g/mol. The van der Waals surface area contributed by atoms with E-state index in [9.17, 15) is 9.59 Å². The molecule has 2 fully saturated rings. The van der Waals surface area contributed by atoms with Gasteiger partial charge in [-0.25, -0.2) is 0 Å². The molecule has 0 spiro atoms. The average molecular weight is 336 g/mol. The summed E-state index contributed by atoms with van der Waals surface area (Å²) in [6.45, 7) is 1.73. The number of hydrogen-bond donors (Lipinski definition) is 1. The Morgan fingerprint density at radius 1 is 1.09 bits per heavy atom. The highest BCUT2D eigenvalue weighted by atomic mass is 32.2. The second kappa shape index (κ2) is 7.42. The largest absolute Gasteiger partial charge is 0.343 e. The van der Waals surface area contributed by atoms with Crippen molar-refractivity contribution in [2.24, 2.45) is 0 Å². The average Bonchev–Trinajstić information content (AvgIpc) is 3.25. The van der Waals surface area contributed by atoms with Gasteiger partial charge in [0, 0.05) is 30.2 Å². The molecule has 22 heavy (non-hydrogen) atoms. The minimum atomic E-state index is -0.175. The summed E-state index contributed by atoms with van der Waals surface area (Å²) in [6, 6.07) is 7.75. The number of hydrogen-bond acceptors (Lipinski definition) is 4. The first-order valence-electron chi connectivity index (χ1n) is 7.63. The summed E-state index contributed by atoms with van der Waals surface area (Å²) in [5.41, 5.74) is 1.88. The predicted molar refractivity (Wildman–Crippen MR) is 92.2 cm³/mol. The van der Waals surface area contributed by atoms with Gasteiger partial charge in [0.05, 0.1) is 11.1 Å². The molecule has 3 rings (SSSR count). The zero-order chi connectivity index (χ0) is 15.4. The van der Waals surface area contributed by atoms with E-state index in [1.54, 1.807) is 0 Å². The molecule has 0 saturated carbocycles. The Hall–Kier alpha value is -1.14. The van der Waals surface area contributed by atoms with Crippen molar-refractivity contribution in [3.8, 4) is 0 Å². The van der Waals surface area contributed by atoms with Crippen molar-refractivity contribution in [2.45, 2.75) is 17.4 Å². The van der Waals surface area contributed by atoms with Crippen LogP contribution in [-0.4, -0.2) is 47.9 Å². The fourth-order valence-electron chi connectivity index (χ4n) is 2.68. The zero-order valence-electron chi connectivity index (χ0n) is 12.4. The second-order valence-electron chi connectivity index (χ2n) is 5.47. The van der Waals surface area contributed by atoms with Crippen molar-refractivity contribution in [3.63, 3.8) is 0 Å². The Kier molecular flexibility index (Phi) is 5.31. The van der Waals surface area contributed by atoms with Gasteiger partial charge in [0.2, 0.25) is 5.91 Å². The molecule has 1 N–H and O–H groups in total. The maximum atomic E-state index is 12.1. The van der Waals surface area contributed by atoms with Gasteiger partial charge in [0.1, 0.15) is 0 Å². The zero-order valence-corrected chi connectivity index (χ0v) is 14.0. The van der Waals surface area contributed by atoms with Crippen molar-refractivity contribution >= 4 is 35.3 Å². The van der Waals surface area contributed by atoms with Gasteiger partial charge >= 0.3 is 0 Å². The summed E-state index contributed by atoms with van der Waals surface area (Å²) in [5.74, 6) is 2.22. The van der Waals surface area contributed by atoms with Crippen LogP contribution in [0.2, 0.25) is 0 Å². The number of nitrogens with zero attached hydrogens (tertiary/aromatic N) is 1. The van der Waals surface area contributed by atoms with Gasteiger partial charge in [0.15, 0.2) is 0 Å². The highest BCUT2D eigenvalue weighted by Gasteiger charge is 2.20. The Bertz CT molecular complexity index is 536. The fraction of sp³-hybridized carbons (Fsp3) is 0.500. The molecule has 0 bridgehead atoms. The molecule has 0 atom stereocenters. The molecule has 0 unspecified atom stereocenters. The van der Waals surface area contributed by atoms with Crippen LogP contribution in [0, 0.1) is 0 Å². The van der Waals surface area contributed by atoms with Crippen LogP contribution >= 0.6 is 23.5 Å². The smallest absolute Gasteiger partial charge is 0.251 e. The summed E-state index contributed by atoms with van der Waals surface area (Å²) < 4.78 is 0.494. The SMILES string of the molecule is O=C(NCC(=O)N1CCCC1)c1ccc(C2SCCS2)cc1. The van der Waals surface area contributed by atoms with E-state index >= 15 is 0 Å². The first-order valence-corrected chi connectivity index (χ1v) is 9.73. The molecule has 1 aromatic rings. The molecule has 1 aromatic carbocycles. The van der Waals surface area contributed by atoms with Crippen LogP contribution < -0.4 is 5.32 Å². The second-order valence-corrected chi connectivity index (χ2v) is 8.19. The van der Waals surface area contributed by atoms with E-state index < -0.39 is 0 Å². The molecule has 2 aliphatic heterocycles. The van der Waals surface area contributed by atoms with Crippen molar-refractivity contribution in [2.75, 3.05) is 31.1 Å². The summed E-state index contributed by atoms with van der Waals surface area (Å²) in [6.07, 6.45) is 2.14. The molecular formula is C16H20N2O2S2. The van der Waals surface area contributed by atoms with Crippen LogP contribution in [0.5, 0.6) is 0 Å². The normalized spacial score (nSPS) is 18.6. The van der Waals surface area contributed by atoms with E-state index in [0.29, 0.717) is 10.1 Å². The number of rotatable bonds is 4. The van der Waals surface area contributed by atoms with Crippen LogP contribution in [0.15, 0.2) is 24.3 Å². The number of carbonyl (C=O) groups excluding carboxylic acids is 2. The van der Waals surface area contributed by atoms with E-state index in [1.807, 2.05) is 52.7 Å². The minimum absolute atomic E-state index is 0.0150. The molecule has 0 aliphatic carbocycles. The summed E-state index contributed by atoms with van der Waals surface area (Å²) in [7, 11) is 0. The van der Waals surface area contributed by atoms with Crippen LogP contribution in [0.3, 0.4) is 0 Å². The summed E-state index contributed by atoms with van der Waals surface area (Å²) >= 11 is 3.90. The highest BCUT2D eigenvalue weighted by Crippen LogP contribution is 2.45. The molecule has 0 radical (unpaired) electrons. The summed E-state index contributed by atoms with van der Waals surface area (Å²) in [5, 5.41) is 2.72. The number of likely N-dealkylation sites (tertiary alicyclic amines) is 1. The lowest BCUT2D eigenvalue weighted by molar-refractivity contribution is -0.129. The third kappa shape index (κ3) is 3.79. The first-order chi connectivity index (χ1) is 10.7. The lowest BCUT2D eigenvalue weighted by Crippen LogP contribution is -2.38. The quantitative estimate of drug-likeness (QED) is 0.918. The van der Waals surface area contributed by atoms with Crippen molar-refractivity contribution in [3.05, 3.63) is 35.4 Å². The number of thioether (sulfide) groups is 2. The Balaban J connectivity index is 1.52. The molecule has 0 aromatic heterocycles. The van der Waals surface area contributed by atoms with Crippen LogP contribution in [0.1, 0.15) is 33.3 Å². The Morgan fingerprint density at radius 2 is 1.73 bits per heavy atom. The molecule has 2 amide bonds. The van der Waals surface area contributed by atoms with Crippen LogP contribution in [0.25, 0.3) is 0 Å². The van der Waals surface area contributed by atoms with E-state index in [2.05, 4.69) is 5.32 Å². The molecule has 2 aliphatic rings. The number of amides is 2. The van der Waals surface area contributed by atoms with Crippen LogP contribution in [0.4, 0.5) is 0 Å². The lowest BCUT2D eigenvalue weighted by atomic mass is 10.1. The Labute approximate surface area is 139 Å². The maximum absolute atomic E-state index is 12.1. The van der Waals surface area contributed by atoms with Gasteiger partial charge in [-0.05, 0) is 30.5 Å². The topological polar surface area (TPSA) is 49.4 Å². The molecule has 6 heteroatoms. The van der Waals surface area contributed by atoms with Gasteiger partial charge < -0.3 is 10.2 Å². The third-order valence-electron chi connectivity index (χ3n) is 3.93. The van der Waals surface area contributed by atoms with Gasteiger partial charge in [-0.1, -0.05) is 12.1 Å². The van der Waals surface area contributed by atoms with Crippen LogP contribution in [-0.2, 0) is 4.79 Å². The predicted octanol–water partition coefficient (Wildman–Crippen LogP) is 2.52. The molecule has 2 heterocycles. The highest BCUT2D eigenvalue weighted by molar-refractivity contribution is 8.19. The standard InChI is InChI=1S/C16H20N2O2S2/c19-14(18-7-1-2-8-18)11-17-15(20)12-3-5-13(6-4-12)16-21-9-10-22-16/h3-6,16H,1-2,7-11H2,(H,17,20). The van der Waals surface area contributed by atoms with E-state index in [-0.39, 0.29) is 18.4 Å². The minimum Gasteiger partial charge on any atom is -0.343 e. The first kappa shape index (κ1) is 15.7. The molecule has 4 nitrogen and oxygen atoms in total. The van der Waals surface area contributed by atoms with E-state index in [4.69, 9.17) is 0 Å². The van der Waals surface area contributed by atoms with Crippen molar-refractivity contribution in [1.29, 1.82) is 0 Å². The molecule has 118 valence electrons. The van der Waals surface area contributed by atoms with E-state index in [0.717, 1.165) is 25.9 Å².